The number of nitrogens with one attached hydrogen (secondary N) is 2. The molecule has 1 aromatic rings. The number of amides is 2. The predicted octanol–water partition coefficient (Wildman–Crippen LogP) is 2.47. The fraction of sp³-hybridized carbons (Fsp3) is 0.467. The minimum absolute atomic E-state index is 0.118. The van der Waals surface area contributed by atoms with Crippen molar-refractivity contribution in [3.05, 3.63) is 29.8 Å². The van der Waals surface area contributed by atoms with E-state index < -0.39 is 0 Å². The van der Waals surface area contributed by atoms with Gasteiger partial charge >= 0.3 is 12.0 Å². The van der Waals surface area contributed by atoms with Gasteiger partial charge in [-0.05, 0) is 36.8 Å². The molecule has 21 heavy (non-hydrogen) atoms. The van der Waals surface area contributed by atoms with Gasteiger partial charge in [-0.25, -0.2) is 4.79 Å². The van der Waals surface area contributed by atoms with Crippen LogP contribution in [-0.2, 0) is 9.53 Å². The van der Waals surface area contributed by atoms with E-state index in [9.17, 15) is 9.59 Å². The van der Waals surface area contributed by atoms with E-state index in [-0.39, 0.29) is 30.5 Å². The number of rotatable bonds is 6. The van der Waals surface area contributed by atoms with Gasteiger partial charge in [-0.2, -0.15) is 0 Å². The zero-order valence-corrected chi connectivity index (χ0v) is 13.0. The minimum atomic E-state index is -0.382. The van der Waals surface area contributed by atoms with Gasteiger partial charge in [0.25, 0.3) is 0 Å². The number of urea groups is 1. The number of methoxy groups -OCH3 is 1. The summed E-state index contributed by atoms with van der Waals surface area (Å²) in [5.74, 6) is -0.347. The van der Waals surface area contributed by atoms with Crippen LogP contribution < -0.4 is 10.6 Å². The molecule has 1 fully saturated rings. The van der Waals surface area contributed by atoms with Gasteiger partial charge < -0.3 is 15.4 Å². The first-order valence-corrected chi connectivity index (χ1v) is 8.12. The molecule has 1 unspecified atom stereocenters. The van der Waals surface area contributed by atoms with Gasteiger partial charge in [0.15, 0.2) is 0 Å². The number of benzene rings is 1. The van der Waals surface area contributed by atoms with Gasteiger partial charge in [-0.1, -0.05) is 12.1 Å². The molecule has 0 bridgehead atoms. The SMILES string of the molecule is COC(=O)CC(NC(=O)NC1CC1)c1ccc(SC)cc1. The second-order valence-electron chi connectivity index (χ2n) is 5.00. The summed E-state index contributed by atoms with van der Waals surface area (Å²) in [6.07, 6.45) is 4.17. The molecular formula is C15H20N2O3S. The van der Waals surface area contributed by atoms with E-state index in [0.29, 0.717) is 0 Å². The van der Waals surface area contributed by atoms with Crippen molar-refractivity contribution in [2.24, 2.45) is 0 Å². The van der Waals surface area contributed by atoms with Crippen molar-refractivity contribution in [3.63, 3.8) is 0 Å². The quantitative estimate of drug-likeness (QED) is 0.626. The second-order valence-corrected chi connectivity index (χ2v) is 5.88. The van der Waals surface area contributed by atoms with Crippen LogP contribution in [0.2, 0.25) is 0 Å². The zero-order valence-electron chi connectivity index (χ0n) is 12.2. The summed E-state index contributed by atoms with van der Waals surface area (Å²) < 4.78 is 4.71. The molecule has 0 saturated heterocycles. The number of carbonyl (C=O) groups is 2. The highest BCUT2D eigenvalue weighted by atomic mass is 32.2. The summed E-state index contributed by atoms with van der Waals surface area (Å²) in [5.41, 5.74) is 0.893. The monoisotopic (exact) mass is 308 g/mol. The third kappa shape index (κ3) is 4.97. The Morgan fingerprint density at radius 3 is 2.52 bits per heavy atom. The average molecular weight is 308 g/mol. The molecule has 0 aliphatic heterocycles. The third-order valence-corrected chi connectivity index (χ3v) is 4.08. The molecule has 1 atom stereocenters. The second kappa shape index (κ2) is 7.36. The topological polar surface area (TPSA) is 67.4 Å². The Balaban J connectivity index is 2.05. The first-order valence-electron chi connectivity index (χ1n) is 6.90. The number of thioether (sulfide) groups is 1. The fourth-order valence-corrected chi connectivity index (χ4v) is 2.36. The van der Waals surface area contributed by atoms with E-state index in [1.165, 1.54) is 7.11 Å². The summed E-state index contributed by atoms with van der Waals surface area (Å²) in [5, 5.41) is 5.71. The van der Waals surface area contributed by atoms with Gasteiger partial charge in [0, 0.05) is 10.9 Å². The first kappa shape index (κ1) is 15.7. The average Bonchev–Trinajstić information content (AvgIpc) is 3.30. The summed E-state index contributed by atoms with van der Waals surface area (Å²) in [4.78, 5) is 24.6. The maximum atomic E-state index is 11.9. The molecule has 114 valence electrons. The number of esters is 1. The highest BCUT2D eigenvalue weighted by Crippen LogP contribution is 2.22. The molecule has 0 radical (unpaired) electrons. The molecule has 2 N–H and O–H groups in total. The predicted molar refractivity (Wildman–Crippen MR) is 82.3 cm³/mol. The van der Waals surface area contributed by atoms with Crippen LogP contribution in [0, 0.1) is 0 Å². The zero-order chi connectivity index (χ0) is 15.2. The van der Waals surface area contributed by atoms with Gasteiger partial charge in [-0.3, -0.25) is 4.79 Å². The molecular weight excluding hydrogens is 288 g/mol. The summed E-state index contributed by atoms with van der Waals surface area (Å²) in [7, 11) is 1.35. The fourth-order valence-electron chi connectivity index (χ4n) is 1.95. The highest BCUT2D eigenvalue weighted by molar-refractivity contribution is 7.98. The summed E-state index contributed by atoms with van der Waals surface area (Å²) in [6.45, 7) is 0. The number of hydrogen-bond acceptors (Lipinski definition) is 4. The van der Waals surface area contributed by atoms with Gasteiger partial charge in [0.2, 0.25) is 0 Å². The van der Waals surface area contributed by atoms with Crippen molar-refractivity contribution in [3.8, 4) is 0 Å². The largest absolute Gasteiger partial charge is 0.469 e. The Bertz CT molecular complexity index is 500. The Morgan fingerprint density at radius 2 is 2.00 bits per heavy atom. The van der Waals surface area contributed by atoms with Gasteiger partial charge in [0.05, 0.1) is 19.6 Å². The lowest BCUT2D eigenvalue weighted by atomic mass is 10.0. The highest BCUT2D eigenvalue weighted by Gasteiger charge is 2.25. The van der Waals surface area contributed by atoms with Crippen molar-refractivity contribution >= 4 is 23.8 Å². The molecule has 2 amide bonds. The number of carbonyl (C=O) groups excluding carboxylic acids is 2. The summed E-state index contributed by atoms with van der Waals surface area (Å²) in [6, 6.07) is 7.47. The maximum absolute atomic E-state index is 11.9. The lowest BCUT2D eigenvalue weighted by Crippen LogP contribution is -2.39. The van der Waals surface area contributed by atoms with E-state index in [2.05, 4.69) is 10.6 Å². The van der Waals surface area contributed by atoms with E-state index in [4.69, 9.17) is 4.74 Å². The Labute approximate surface area is 128 Å². The normalized spacial score (nSPS) is 15.1. The minimum Gasteiger partial charge on any atom is -0.469 e. The third-order valence-electron chi connectivity index (χ3n) is 3.33. The van der Waals surface area contributed by atoms with Gasteiger partial charge in [0.1, 0.15) is 0 Å². The van der Waals surface area contributed by atoms with Crippen LogP contribution in [0.25, 0.3) is 0 Å². The van der Waals surface area contributed by atoms with Crippen molar-refractivity contribution in [1.29, 1.82) is 0 Å². The molecule has 2 rings (SSSR count). The Hall–Kier alpha value is -1.69. The maximum Gasteiger partial charge on any atom is 0.315 e. The van der Waals surface area contributed by atoms with E-state index in [1.54, 1.807) is 11.8 Å². The molecule has 0 heterocycles. The van der Waals surface area contributed by atoms with Crippen LogP contribution in [0.1, 0.15) is 30.9 Å². The van der Waals surface area contributed by atoms with Crippen LogP contribution >= 0.6 is 11.8 Å². The van der Waals surface area contributed by atoms with Gasteiger partial charge in [-0.15, -0.1) is 11.8 Å². The van der Waals surface area contributed by atoms with E-state index in [1.807, 2.05) is 30.5 Å². The lowest BCUT2D eigenvalue weighted by molar-refractivity contribution is -0.141. The summed E-state index contributed by atoms with van der Waals surface area (Å²) >= 11 is 1.65. The molecule has 1 aliphatic rings. The van der Waals surface area contributed by atoms with Crippen molar-refractivity contribution < 1.29 is 14.3 Å². The Kier molecular flexibility index (Phi) is 5.50. The van der Waals surface area contributed by atoms with Crippen LogP contribution in [0.5, 0.6) is 0 Å². The molecule has 1 aliphatic carbocycles. The van der Waals surface area contributed by atoms with Crippen LogP contribution in [0.3, 0.4) is 0 Å². The molecule has 1 aromatic carbocycles. The van der Waals surface area contributed by atoms with Crippen LogP contribution in [0.4, 0.5) is 4.79 Å². The van der Waals surface area contributed by atoms with Crippen LogP contribution in [-0.4, -0.2) is 31.4 Å². The van der Waals surface area contributed by atoms with Crippen molar-refractivity contribution in [1.82, 2.24) is 10.6 Å². The molecule has 0 aromatic heterocycles. The van der Waals surface area contributed by atoms with Crippen LogP contribution in [0.15, 0.2) is 29.2 Å². The van der Waals surface area contributed by atoms with E-state index >= 15 is 0 Å². The van der Waals surface area contributed by atoms with E-state index in [0.717, 1.165) is 23.3 Å². The standard InChI is InChI=1S/C15H20N2O3S/c1-20-14(18)9-13(17-15(19)16-11-5-6-11)10-3-7-12(21-2)8-4-10/h3-4,7-8,11,13H,5-6,9H2,1-2H3,(H2,16,17,19). The molecule has 1 saturated carbocycles. The smallest absolute Gasteiger partial charge is 0.315 e. The molecule has 6 heteroatoms. The molecule has 0 spiro atoms. The van der Waals surface area contributed by atoms with Crippen molar-refractivity contribution in [2.75, 3.05) is 13.4 Å². The van der Waals surface area contributed by atoms with Crippen molar-refractivity contribution in [2.45, 2.75) is 36.2 Å². The molecule has 5 nitrogen and oxygen atoms in total. The number of ether oxygens (including phenoxy) is 1. The Morgan fingerprint density at radius 1 is 1.33 bits per heavy atom. The number of hydrogen-bond donors (Lipinski definition) is 2. The lowest BCUT2D eigenvalue weighted by Gasteiger charge is -2.19. The first-order chi connectivity index (χ1) is 10.1.